The predicted molar refractivity (Wildman–Crippen MR) is 43.9 cm³/mol. The number of alkyl halides is 15. The van der Waals surface area contributed by atoms with E-state index in [1.165, 1.54) is 0 Å². The van der Waals surface area contributed by atoms with Crippen molar-refractivity contribution in [1.29, 1.82) is 0 Å². The first kappa shape index (κ1) is 23.9. The Morgan fingerprint density at radius 1 is 0.520 bits per heavy atom. The molecule has 0 amide bonds. The Hall–Kier alpha value is -1.13. The first-order chi connectivity index (χ1) is 10.5. The molecule has 17 heteroatoms. The number of halogens is 15. The van der Waals surface area contributed by atoms with E-state index in [0.717, 1.165) is 0 Å². The molecule has 0 saturated carbocycles. The van der Waals surface area contributed by atoms with Gasteiger partial charge in [-0.15, -0.1) is 0 Å². The van der Waals surface area contributed by atoms with Crippen molar-refractivity contribution in [3.8, 4) is 0 Å². The highest BCUT2D eigenvalue weighted by atomic mass is 19.4. The van der Waals surface area contributed by atoms with Crippen LogP contribution in [0.1, 0.15) is 0 Å². The molecular formula is C8H3F15O2. The molecular weight excluding hydrogens is 413 g/mol. The van der Waals surface area contributed by atoms with Gasteiger partial charge in [-0.05, 0) is 0 Å². The van der Waals surface area contributed by atoms with Crippen molar-refractivity contribution in [3.05, 3.63) is 0 Å². The highest BCUT2D eigenvalue weighted by Crippen LogP contribution is 2.58. The lowest BCUT2D eigenvalue weighted by atomic mass is 10.0. The van der Waals surface area contributed by atoms with Crippen LogP contribution < -0.4 is 0 Å². The van der Waals surface area contributed by atoms with E-state index in [0.29, 0.717) is 0 Å². The molecule has 1 N–H and O–H groups in total. The fourth-order valence-electron chi connectivity index (χ4n) is 1.00. The van der Waals surface area contributed by atoms with Crippen LogP contribution in [-0.4, -0.2) is 53.8 Å². The summed E-state index contributed by atoms with van der Waals surface area (Å²) in [5, 5.41) is 7.93. The average molecular weight is 416 g/mol. The van der Waals surface area contributed by atoms with Gasteiger partial charge in [0.1, 0.15) is 6.61 Å². The van der Waals surface area contributed by atoms with Gasteiger partial charge in [0, 0.05) is 0 Å². The van der Waals surface area contributed by atoms with Gasteiger partial charge in [0.2, 0.25) is 0 Å². The summed E-state index contributed by atoms with van der Waals surface area (Å²) in [6, 6.07) is 0. The highest BCUT2D eigenvalue weighted by Gasteiger charge is 2.89. The molecule has 0 spiro atoms. The number of rotatable bonds is 6. The second-order valence-corrected chi connectivity index (χ2v) is 4.22. The van der Waals surface area contributed by atoms with Gasteiger partial charge in [0.05, 0.1) is 0 Å². The minimum absolute atomic E-state index is 1.69. The van der Waals surface area contributed by atoms with Gasteiger partial charge in [-0.25, -0.2) is 0 Å². The van der Waals surface area contributed by atoms with Crippen LogP contribution >= 0.6 is 0 Å². The fourth-order valence-corrected chi connectivity index (χ4v) is 1.00. The van der Waals surface area contributed by atoms with E-state index >= 15 is 0 Å². The number of hydrogen-bond donors (Lipinski definition) is 1. The summed E-state index contributed by atoms with van der Waals surface area (Å²) in [6.45, 7) is -3.25. The smallest absolute Gasteiger partial charge is 0.390 e. The highest BCUT2D eigenvalue weighted by molar-refractivity contribution is 5.04. The van der Waals surface area contributed by atoms with Crippen molar-refractivity contribution in [3.63, 3.8) is 0 Å². The Morgan fingerprint density at radius 3 is 1.12 bits per heavy atom. The molecule has 2 nitrogen and oxygen atoms in total. The molecule has 0 aliphatic heterocycles. The molecule has 0 aromatic heterocycles. The summed E-state index contributed by atoms with van der Waals surface area (Å²) < 4.78 is 187. The molecule has 0 radical (unpaired) electrons. The first-order valence-corrected chi connectivity index (χ1v) is 5.16. The first-order valence-electron chi connectivity index (χ1n) is 5.16. The van der Waals surface area contributed by atoms with E-state index in [9.17, 15) is 65.9 Å². The zero-order valence-electron chi connectivity index (χ0n) is 10.7. The number of ether oxygens (including phenoxy) is 1. The third-order valence-electron chi connectivity index (χ3n) is 2.43. The van der Waals surface area contributed by atoms with Crippen LogP contribution in [0, 0.1) is 0 Å². The van der Waals surface area contributed by atoms with Gasteiger partial charge in [-0.2, -0.15) is 65.9 Å². The Bertz CT molecular complexity index is 477. The van der Waals surface area contributed by atoms with Crippen LogP contribution in [0.3, 0.4) is 0 Å². The van der Waals surface area contributed by atoms with Gasteiger partial charge in [0.15, 0.2) is 0 Å². The topological polar surface area (TPSA) is 29.5 Å². The Labute approximate surface area is 126 Å². The second-order valence-electron chi connectivity index (χ2n) is 4.22. The van der Waals surface area contributed by atoms with E-state index in [1.807, 2.05) is 0 Å². The van der Waals surface area contributed by atoms with Crippen molar-refractivity contribution in [2.24, 2.45) is 0 Å². The van der Waals surface area contributed by atoms with Crippen molar-refractivity contribution in [1.82, 2.24) is 0 Å². The molecule has 0 bridgehead atoms. The van der Waals surface area contributed by atoms with E-state index in [4.69, 9.17) is 5.11 Å². The van der Waals surface area contributed by atoms with Crippen LogP contribution in [0.15, 0.2) is 0 Å². The largest absolute Gasteiger partial charge is 0.460 e. The van der Waals surface area contributed by atoms with E-state index in [2.05, 4.69) is 0 Å². The molecule has 0 rings (SSSR count). The van der Waals surface area contributed by atoms with Crippen molar-refractivity contribution < 1.29 is 75.7 Å². The monoisotopic (exact) mass is 416 g/mol. The molecule has 0 aromatic rings. The van der Waals surface area contributed by atoms with Crippen LogP contribution in [0.2, 0.25) is 0 Å². The van der Waals surface area contributed by atoms with Crippen molar-refractivity contribution in [2.45, 2.75) is 42.1 Å². The number of aliphatic hydroxyl groups excluding tert-OH is 1. The summed E-state index contributed by atoms with van der Waals surface area (Å²) in [4.78, 5) is 0. The van der Waals surface area contributed by atoms with Crippen LogP contribution in [0.4, 0.5) is 65.9 Å². The molecule has 0 unspecified atom stereocenters. The normalized spacial score (nSPS) is 18.2. The van der Waals surface area contributed by atoms with E-state index in [1.54, 1.807) is 4.74 Å². The molecule has 0 saturated heterocycles. The maximum atomic E-state index is 12.9. The minimum atomic E-state index is -8.08. The lowest BCUT2D eigenvalue weighted by Crippen LogP contribution is -2.68. The third kappa shape index (κ3) is 3.56. The summed E-state index contributed by atoms with van der Waals surface area (Å²) in [6.07, 6.45) is -21.9. The van der Waals surface area contributed by atoms with E-state index in [-0.39, 0.29) is 0 Å². The standard InChI is InChI=1S/C8H3F15O2/c9-2(1-24,6(16,17)18)25-8(22,23)5(14,15)3(10,11)4(12,13)7(19,20)21/h24H,1H2/t2-/m1/s1. The van der Waals surface area contributed by atoms with Crippen molar-refractivity contribution >= 4 is 0 Å². The Balaban J connectivity index is 6.14. The Morgan fingerprint density at radius 2 is 0.880 bits per heavy atom. The Kier molecular flexibility index (Phi) is 5.68. The molecule has 1 atom stereocenters. The van der Waals surface area contributed by atoms with Gasteiger partial charge in [-0.1, -0.05) is 0 Å². The molecule has 152 valence electrons. The molecule has 0 aromatic carbocycles. The third-order valence-corrected chi connectivity index (χ3v) is 2.43. The van der Waals surface area contributed by atoms with Gasteiger partial charge in [0.25, 0.3) is 0 Å². The lowest BCUT2D eigenvalue weighted by molar-refractivity contribution is -0.497. The number of aliphatic hydroxyl groups is 1. The van der Waals surface area contributed by atoms with Gasteiger partial charge < -0.3 is 5.11 Å². The summed E-state index contributed by atoms with van der Waals surface area (Å²) in [5.74, 6) is -30.2. The quantitative estimate of drug-likeness (QED) is 0.656. The zero-order valence-corrected chi connectivity index (χ0v) is 10.7. The maximum absolute atomic E-state index is 12.9. The van der Waals surface area contributed by atoms with Crippen molar-refractivity contribution in [2.75, 3.05) is 6.61 Å². The second kappa shape index (κ2) is 5.95. The molecule has 0 heterocycles. The summed E-state index contributed by atoms with van der Waals surface area (Å²) in [5.41, 5.74) is 0. The van der Waals surface area contributed by atoms with Crippen LogP contribution in [-0.2, 0) is 4.74 Å². The lowest BCUT2D eigenvalue weighted by Gasteiger charge is -2.39. The summed E-state index contributed by atoms with van der Waals surface area (Å²) >= 11 is 0. The zero-order chi connectivity index (χ0) is 20.9. The van der Waals surface area contributed by atoms with Crippen LogP contribution in [0.5, 0.6) is 0 Å². The number of hydrogen-bond acceptors (Lipinski definition) is 2. The molecule has 0 fully saturated rings. The van der Waals surface area contributed by atoms with Crippen LogP contribution in [0.25, 0.3) is 0 Å². The summed E-state index contributed by atoms with van der Waals surface area (Å²) in [7, 11) is 0. The van der Waals surface area contributed by atoms with Gasteiger partial charge in [-0.3, -0.25) is 4.74 Å². The van der Waals surface area contributed by atoms with Gasteiger partial charge >= 0.3 is 42.1 Å². The SMILES string of the molecule is OC[C@@](F)(OC(F)(F)C(F)(F)C(F)(F)C(F)(F)C(F)(F)F)C(F)(F)F. The maximum Gasteiger partial charge on any atom is 0.460 e. The molecule has 0 aliphatic rings. The predicted octanol–water partition coefficient (Wildman–Crippen LogP) is 4.28. The minimum Gasteiger partial charge on any atom is -0.390 e. The molecule has 0 aliphatic carbocycles. The van der Waals surface area contributed by atoms with E-state index < -0.39 is 48.7 Å². The average Bonchev–Trinajstić information content (AvgIpc) is 2.34. The molecule has 25 heavy (non-hydrogen) atoms. The fraction of sp³-hybridized carbons (Fsp3) is 1.00.